The largest absolute Gasteiger partial charge is 0.383 e. The topological polar surface area (TPSA) is 55.4 Å². The van der Waals surface area contributed by atoms with Crippen molar-refractivity contribution >= 4 is 9.84 Å². The molecule has 16 heavy (non-hydrogen) atoms. The van der Waals surface area contributed by atoms with Crippen LogP contribution >= 0.6 is 0 Å². The maximum absolute atomic E-state index is 11.6. The standard InChI is InChI=1S/C11H21NO3S/c1-15-7-11-5-10(6-12-11)9-3-2-4-16(13,14)8-9/h9-12H,2-8H2,1H3. The van der Waals surface area contributed by atoms with Gasteiger partial charge in [0.2, 0.25) is 0 Å². The van der Waals surface area contributed by atoms with Crippen LogP contribution < -0.4 is 5.32 Å². The third-order valence-electron chi connectivity index (χ3n) is 3.79. The predicted octanol–water partition coefficient (Wildman–Crippen LogP) is 0.436. The molecule has 0 bridgehead atoms. The Balaban J connectivity index is 1.89. The van der Waals surface area contributed by atoms with Crippen LogP contribution in [-0.2, 0) is 14.6 Å². The predicted molar refractivity (Wildman–Crippen MR) is 63.2 cm³/mol. The van der Waals surface area contributed by atoms with Crippen LogP contribution in [0.5, 0.6) is 0 Å². The van der Waals surface area contributed by atoms with Gasteiger partial charge in [0.15, 0.2) is 9.84 Å². The normalized spacial score (nSPS) is 38.7. The van der Waals surface area contributed by atoms with Gasteiger partial charge in [-0.3, -0.25) is 0 Å². The Bertz CT molecular complexity index is 328. The van der Waals surface area contributed by atoms with Gasteiger partial charge in [-0.25, -0.2) is 8.42 Å². The monoisotopic (exact) mass is 247 g/mol. The number of rotatable bonds is 3. The summed E-state index contributed by atoms with van der Waals surface area (Å²) in [7, 11) is -1.05. The van der Waals surface area contributed by atoms with Crippen LogP contribution in [0.1, 0.15) is 19.3 Å². The molecule has 4 nitrogen and oxygen atoms in total. The summed E-state index contributed by atoms with van der Waals surface area (Å²) in [4.78, 5) is 0. The van der Waals surface area contributed by atoms with Crippen molar-refractivity contribution in [2.45, 2.75) is 25.3 Å². The van der Waals surface area contributed by atoms with E-state index < -0.39 is 9.84 Å². The van der Waals surface area contributed by atoms with Crippen molar-refractivity contribution in [2.24, 2.45) is 11.8 Å². The molecule has 2 aliphatic heterocycles. The van der Waals surface area contributed by atoms with E-state index in [2.05, 4.69) is 5.32 Å². The van der Waals surface area contributed by atoms with E-state index in [1.54, 1.807) is 7.11 Å². The summed E-state index contributed by atoms with van der Waals surface area (Å²) in [5.41, 5.74) is 0. The Morgan fingerprint density at radius 1 is 1.38 bits per heavy atom. The number of methoxy groups -OCH3 is 1. The van der Waals surface area contributed by atoms with Gasteiger partial charge >= 0.3 is 0 Å². The third kappa shape index (κ3) is 2.96. The minimum atomic E-state index is -2.76. The summed E-state index contributed by atoms with van der Waals surface area (Å²) in [5, 5.41) is 3.41. The van der Waals surface area contributed by atoms with E-state index in [1.165, 1.54) is 0 Å². The molecule has 2 rings (SSSR count). The molecule has 2 aliphatic rings. The van der Waals surface area contributed by atoms with E-state index in [0.717, 1.165) is 32.4 Å². The third-order valence-corrected chi connectivity index (χ3v) is 5.64. The van der Waals surface area contributed by atoms with E-state index in [0.29, 0.717) is 29.4 Å². The van der Waals surface area contributed by atoms with Crippen LogP contribution in [0, 0.1) is 11.8 Å². The lowest BCUT2D eigenvalue weighted by Crippen LogP contribution is -2.31. The highest BCUT2D eigenvalue weighted by atomic mass is 32.2. The molecule has 0 radical (unpaired) electrons. The number of nitrogens with one attached hydrogen (secondary N) is 1. The second kappa shape index (κ2) is 5.02. The fourth-order valence-corrected chi connectivity index (χ4v) is 4.83. The van der Waals surface area contributed by atoms with Gasteiger partial charge < -0.3 is 10.1 Å². The highest BCUT2D eigenvalue weighted by Crippen LogP contribution is 2.30. The molecule has 0 aromatic rings. The summed E-state index contributed by atoms with van der Waals surface area (Å²) in [6.45, 7) is 1.68. The van der Waals surface area contributed by atoms with Gasteiger partial charge in [0.25, 0.3) is 0 Å². The molecule has 2 heterocycles. The fourth-order valence-electron chi connectivity index (χ4n) is 2.97. The Morgan fingerprint density at radius 2 is 2.19 bits per heavy atom. The van der Waals surface area contributed by atoms with Crippen molar-refractivity contribution in [3.05, 3.63) is 0 Å². The first-order chi connectivity index (χ1) is 7.61. The van der Waals surface area contributed by atoms with Crippen molar-refractivity contribution in [3.63, 3.8) is 0 Å². The van der Waals surface area contributed by atoms with Gasteiger partial charge in [0.1, 0.15) is 0 Å². The van der Waals surface area contributed by atoms with Crippen LogP contribution in [0.2, 0.25) is 0 Å². The molecule has 5 heteroatoms. The highest BCUT2D eigenvalue weighted by Gasteiger charge is 2.35. The zero-order valence-corrected chi connectivity index (χ0v) is 10.6. The minimum absolute atomic E-state index is 0.369. The SMILES string of the molecule is COCC1CC(C2CCCS(=O)(=O)C2)CN1. The first-order valence-electron chi connectivity index (χ1n) is 6.03. The van der Waals surface area contributed by atoms with Crippen LogP contribution in [-0.4, -0.2) is 46.2 Å². The molecule has 3 unspecified atom stereocenters. The lowest BCUT2D eigenvalue weighted by atomic mass is 9.88. The highest BCUT2D eigenvalue weighted by molar-refractivity contribution is 7.91. The summed E-state index contributed by atoms with van der Waals surface area (Å²) >= 11 is 0. The van der Waals surface area contributed by atoms with Crippen LogP contribution in [0.4, 0.5) is 0 Å². The van der Waals surface area contributed by atoms with E-state index in [-0.39, 0.29) is 0 Å². The summed E-state index contributed by atoms with van der Waals surface area (Å²) < 4.78 is 28.3. The molecular formula is C11H21NO3S. The lowest BCUT2D eigenvalue weighted by Gasteiger charge is -2.26. The Kier molecular flexibility index (Phi) is 3.87. The maximum Gasteiger partial charge on any atom is 0.150 e. The van der Waals surface area contributed by atoms with Crippen molar-refractivity contribution in [2.75, 3.05) is 31.8 Å². The van der Waals surface area contributed by atoms with Crippen molar-refractivity contribution in [3.8, 4) is 0 Å². The molecule has 2 saturated heterocycles. The molecule has 1 N–H and O–H groups in total. The second-order valence-electron chi connectivity index (χ2n) is 5.07. The molecule has 0 aromatic heterocycles. The van der Waals surface area contributed by atoms with Gasteiger partial charge in [-0.05, 0) is 37.6 Å². The zero-order chi connectivity index (χ0) is 11.6. The summed E-state index contributed by atoms with van der Waals surface area (Å²) in [6, 6.07) is 0.416. The molecule has 3 atom stereocenters. The number of sulfone groups is 1. The second-order valence-corrected chi connectivity index (χ2v) is 7.30. The van der Waals surface area contributed by atoms with Gasteiger partial charge in [0, 0.05) is 13.2 Å². The van der Waals surface area contributed by atoms with E-state index in [9.17, 15) is 8.42 Å². The van der Waals surface area contributed by atoms with Gasteiger partial charge in [-0.2, -0.15) is 0 Å². The van der Waals surface area contributed by atoms with Crippen molar-refractivity contribution in [1.82, 2.24) is 5.32 Å². The van der Waals surface area contributed by atoms with Crippen LogP contribution in [0.15, 0.2) is 0 Å². The Labute approximate surface area is 97.7 Å². The van der Waals surface area contributed by atoms with Crippen LogP contribution in [0.3, 0.4) is 0 Å². The molecule has 0 amide bonds. The number of hydrogen-bond donors (Lipinski definition) is 1. The average Bonchev–Trinajstić information content (AvgIpc) is 2.65. The van der Waals surface area contributed by atoms with Gasteiger partial charge in [-0.15, -0.1) is 0 Å². The van der Waals surface area contributed by atoms with Crippen LogP contribution in [0.25, 0.3) is 0 Å². The van der Waals surface area contributed by atoms with Gasteiger partial charge in [-0.1, -0.05) is 0 Å². The van der Waals surface area contributed by atoms with E-state index in [1.807, 2.05) is 0 Å². The molecule has 2 fully saturated rings. The summed E-state index contributed by atoms with van der Waals surface area (Å²) in [5.74, 6) is 1.69. The zero-order valence-electron chi connectivity index (χ0n) is 9.81. The molecular weight excluding hydrogens is 226 g/mol. The molecule has 0 aromatic carbocycles. The first-order valence-corrected chi connectivity index (χ1v) is 7.85. The quantitative estimate of drug-likeness (QED) is 0.786. The minimum Gasteiger partial charge on any atom is -0.383 e. The number of hydrogen-bond acceptors (Lipinski definition) is 4. The first kappa shape index (κ1) is 12.3. The van der Waals surface area contributed by atoms with E-state index in [4.69, 9.17) is 4.74 Å². The Hall–Kier alpha value is -0.130. The molecule has 94 valence electrons. The Morgan fingerprint density at radius 3 is 2.88 bits per heavy atom. The average molecular weight is 247 g/mol. The maximum atomic E-state index is 11.6. The molecule has 0 aliphatic carbocycles. The summed E-state index contributed by atoms with van der Waals surface area (Å²) in [6.07, 6.45) is 2.98. The lowest BCUT2D eigenvalue weighted by molar-refractivity contribution is 0.170. The van der Waals surface area contributed by atoms with Gasteiger partial charge in [0.05, 0.1) is 18.1 Å². The van der Waals surface area contributed by atoms with Crippen molar-refractivity contribution < 1.29 is 13.2 Å². The molecule has 0 spiro atoms. The van der Waals surface area contributed by atoms with Crippen molar-refractivity contribution in [1.29, 1.82) is 0 Å². The smallest absolute Gasteiger partial charge is 0.150 e. The number of ether oxygens (including phenoxy) is 1. The van der Waals surface area contributed by atoms with E-state index >= 15 is 0 Å². The molecule has 0 saturated carbocycles. The fraction of sp³-hybridized carbons (Fsp3) is 1.00.